The summed E-state index contributed by atoms with van der Waals surface area (Å²) < 4.78 is 0. The van der Waals surface area contributed by atoms with Gasteiger partial charge in [0.1, 0.15) is 4.83 Å². The molecule has 0 spiro atoms. The van der Waals surface area contributed by atoms with Gasteiger partial charge in [-0.25, -0.2) is 0 Å². The van der Waals surface area contributed by atoms with Gasteiger partial charge in [0.25, 0.3) is 0 Å². The lowest BCUT2D eigenvalue weighted by atomic mass is 10.0. The van der Waals surface area contributed by atoms with Crippen LogP contribution in [0.3, 0.4) is 0 Å². The first-order valence-corrected chi connectivity index (χ1v) is 5.95. The summed E-state index contributed by atoms with van der Waals surface area (Å²) in [5.41, 5.74) is 0.768. The lowest BCUT2D eigenvalue weighted by Crippen LogP contribution is -2.18. The number of hydrogen-bond acceptors (Lipinski definition) is 3. The first-order valence-electron chi connectivity index (χ1n) is 5.03. The lowest BCUT2D eigenvalue weighted by molar-refractivity contribution is -0.136. The highest BCUT2D eigenvalue weighted by Crippen LogP contribution is 2.24. The van der Waals surface area contributed by atoms with E-state index in [4.69, 9.17) is 5.11 Å². The Bertz CT molecular complexity index is 362. The fourth-order valence-electron chi connectivity index (χ4n) is 1.28. The van der Waals surface area contributed by atoms with E-state index < -0.39 is 16.4 Å². The van der Waals surface area contributed by atoms with Crippen molar-refractivity contribution in [3.05, 3.63) is 35.9 Å². The smallest absolute Gasteiger partial charge is 0.216 e. The van der Waals surface area contributed by atoms with Gasteiger partial charge in [-0.05, 0) is 12.0 Å². The number of aliphatic hydroxyl groups is 1. The third kappa shape index (κ3) is 3.54. The van der Waals surface area contributed by atoms with Gasteiger partial charge in [-0.3, -0.25) is 9.59 Å². The molecule has 0 amide bonds. The molecule has 0 saturated carbocycles. The zero-order chi connectivity index (χ0) is 12.0. The first-order chi connectivity index (χ1) is 7.66. The molecule has 1 N–H and O–H groups in total. The van der Waals surface area contributed by atoms with Crippen molar-refractivity contribution in [3.8, 4) is 0 Å². The quantitative estimate of drug-likeness (QED) is 0.642. The second kappa shape index (κ2) is 6.55. The molecule has 0 aliphatic rings. The zero-order valence-electron chi connectivity index (χ0n) is 8.73. The molecule has 0 aliphatic heterocycles. The highest BCUT2D eigenvalue weighted by atomic mass is 79.9. The van der Waals surface area contributed by atoms with E-state index in [1.165, 1.54) is 0 Å². The molecule has 3 nitrogen and oxygen atoms in total. The van der Waals surface area contributed by atoms with Crippen molar-refractivity contribution in [1.29, 1.82) is 0 Å². The fraction of sp³-hybridized carbons (Fsp3) is 0.333. The van der Waals surface area contributed by atoms with Crippen LogP contribution in [0.25, 0.3) is 0 Å². The predicted octanol–water partition coefficient (Wildman–Crippen LogP) is 2.03. The first kappa shape index (κ1) is 13.1. The van der Waals surface area contributed by atoms with Gasteiger partial charge in [0.2, 0.25) is 5.78 Å². The third-order valence-electron chi connectivity index (χ3n) is 2.16. The lowest BCUT2D eigenvalue weighted by Gasteiger charge is -2.07. The van der Waals surface area contributed by atoms with E-state index in [-0.39, 0.29) is 13.0 Å². The van der Waals surface area contributed by atoms with Crippen molar-refractivity contribution in [2.24, 2.45) is 0 Å². The summed E-state index contributed by atoms with van der Waals surface area (Å²) in [5, 5.41) is 8.58. The molecule has 0 saturated heterocycles. The van der Waals surface area contributed by atoms with Crippen LogP contribution >= 0.6 is 15.9 Å². The molecule has 86 valence electrons. The van der Waals surface area contributed by atoms with E-state index in [2.05, 4.69) is 15.9 Å². The minimum absolute atomic E-state index is 0.0721. The number of carbonyl (C=O) groups is 2. The summed E-state index contributed by atoms with van der Waals surface area (Å²) >= 11 is 3.21. The van der Waals surface area contributed by atoms with Crippen molar-refractivity contribution < 1.29 is 14.7 Å². The van der Waals surface area contributed by atoms with E-state index in [1.807, 2.05) is 18.2 Å². The van der Waals surface area contributed by atoms with Gasteiger partial charge in [0.15, 0.2) is 5.78 Å². The number of carbonyl (C=O) groups excluding carboxylic acids is 2. The number of halogens is 1. The molecule has 1 unspecified atom stereocenters. The Balaban J connectivity index is 2.64. The molecule has 0 aromatic heterocycles. The number of Topliss-reactive ketones (excluding diaryl/α,β-unsaturated/α-hetero) is 2. The molecule has 1 aromatic carbocycles. The molecular formula is C12H13BrO3. The number of alkyl halides is 1. The molecule has 4 heteroatoms. The normalized spacial score (nSPS) is 12.1. The minimum atomic E-state index is -0.583. The van der Waals surface area contributed by atoms with Crippen LogP contribution in [0.15, 0.2) is 30.3 Å². The van der Waals surface area contributed by atoms with Crippen LogP contribution in [-0.4, -0.2) is 23.3 Å². The van der Waals surface area contributed by atoms with Crippen molar-refractivity contribution >= 4 is 27.5 Å². The number of rotatable bonds is 6. The SMILES string of the molecule is O=C(CCCO)C(=O)C(Br)c1ccccc1. The van der Waals surface area contributed by atoms with Crippen molar-refractivity contribution in [2.75, 3.05) is 6.61 Å². The molecule has 0 aliphatic carbocycles. The molecular weight excluding hydrogens is 272 g/mol. The van der Waals surface area contributed by atoms with E-state index in [1.54, 1.807) is 12.1 Å². The molecule has 1 atom stereocenters. The van der Waals surface area contributed by atoms with E-state index in [0.717, 1.165) is 5.56 Å². The molecule has 16 heavy (non-hydrogen) atoms. The summed E-state index contributed by atoms with van der Waals surface area (Å²) in [5.74, 6) is -0.903. The second-order valence-corrected chi connectivity index (χ2v) is 4.30. The molecule has 0 radical (unpaired) electrons. The minimum Gasteiger partial charge on any atom is -0.396 e. The Labute approximate surface area is 103 Å². The maximum atomic E-state index is 11.7. The average Bonchev–Trinajstić information content (AvgIpc) is 2.35. The summed E-state index contributed by atoms with van der Waals surface area (Å²) in [7, 11) is 0. The summed E-state index contributed by atoms with van der Waals surface area (Å²) in [4.78, 5) is 22.5. The predicted molar refractivity (Wildman–Crippen MR) is 64.4 cm³/mol. The maximum absolute atomic E-state index is 11.7. The van der Waals surface area contributed by atoms with Crippen LogP contribution in [0, 0.1) is 0 Å². The van der Waals surface area contributed by atoms with Crippen molar-refractivity contribution in [1.82, 2.24) is 0 Å². The second-order valence-electron chi connectivity index (χ2n) is 3.39. The van der Waals surface area contributed by atoms with Gasteiger partial charge in [-0.15, -0.1) is 0 Å². The largest absolute Gasteiger partial charge is 0.396 e. The highest BCUT2D eigenvalue weighted by Gasteiger charge is 2.23. The molecule has 1 rings (SSSR count). The Morgan fingerprint density at radius 3 is 2.44 bits per heavy atom. The van der Waals surface area contributed by atoms with Crippen LogP contribution in [0.4, 0.5) is 0 Å². The van der Waals surface area contributed by atoms with Crippen molar-refractivity contribution in [3.63, 3.8) is 0 Å². The number of aliphatic hydroxyl groups excluding tert-OH is 1. The van der Waals surface area contributed by atoms with E-state index in [9.17, 15) is 9.59 Å². The van der Waals surface area contributed by atoms with E-state index >= 15 is 0 Å². The van der Waals surface area contributed by atoms with Crippen LogP contribution in [-0.2, 0) is 9.59 Å². The van der Waals surface area contributed by atoms with Gasteiger partial charge >= 0.3 is 0 Å². The Hall–Kier alpha value is -1.00. The molecule has 0 heterocycles. The fourth-order valence-corrected chi connectivity index (χ4v) is 1.84. The van der Waals surface area contributed by atoms with Gasteiger partial charge < -0.3 is 5.11 Å². The summed E-state index contributed by atoms with van der Waals surface area (Å²) in [6, 6.07) is 9.05. The molecule has 0 bridgehead atoms. The van der Waals surface area contributed by atoms with Crippen LogP contribution in [0.1, 0.15) is 23.2 Å². The Morgan fingerprint density at radius 2 is 1.88 bits per heavy atom. The molecule has 1 aromatic rings. The van der Waals surface area contributed by atoms with Gasteiger partial charge in [0.05, 0.1) is 0 Å². The van der Waals surface area contributed by atoms with Crippen LogP contribution in [0.2, 0.25) is 0 Å². The van der Waals surface area contributed by atoms with Gasteiger partial charge in [0, 0.05) is 13.0 Å². The standard InChI is InChI=1S/C12H13BrO3/c13-11(9-5-2-1-3-6-9)12(16)10(15)7-4-8-14/h1-3,5-6,11,14H,4,7-8H2. The topological polar surface area (TPSA) is 54.4 Å². The van der Waals surface area contributed by atoms with Gasteiger partial charge in [-0.2, -0.15) is 0 Å². The number of benzene rings is 1. The monoisotopic (exact) mass is 284 g/mol. The average molecular weight is 285 g/mol. The maximum Gasteiger partial charge on any atom is 0.216 e. The third-order valence-corrected chi connectivity index (χ3v) is 3.10. The van der Waals surface area contributed by atoms with Crippen molar-refractivity contribution in [2.45, 2.75) is 17.7 Å². The Kier molecular flexibility index (Phi) is 5.35. The van der Waals surface area contributed by atoms with Crippen LogP contribution in [0.5, 0.6) is 0 Å². The summed E-state index contributed by atoms with van der Waals surface area (Å²) in [6.45, 7) is -0.0721. The Morgan fingerprint density at radius 1 is 1.25 bits per heavy atom. The summed E-state index contributed by atoms with van der Waals surface area (Å²) in [6.07, 6.45) is 0.434. The number of ketones is 2. The van der Waals surface area contributed by atoms with Gasteiger partial charge in [-0.1, -0.05) is 46.3 Å². The number of hydrogen-bond donors (Lipinski definition) is 1. The van der Waals surface area contributed by atoms with Crippen LogP contribution < -0.4 is 0 Å². The van der Waals surface area contributed by atoms with E-state index in [0.29, 0.717) is 6.42 Å². The molecule has 0 fully saturated rings. The highest BCUT2D eigenvalue weighted by molar-refractivity contribution is 9.09. The zero-order valence-corrected chi connectivity index (χ0v) is 10.3.